The number of nitrogens with one attached hydrogen (secondary N) is 1. The Labute approximate surface area is 120 Å². The highest BCUT2D eigenvalue weighted by Gasteiger charge is 2.09. The van der Waals surface area contributed by atoms with E-state index in [0.717, 1.165) is 31.0 Å². The molecule has 0 spiro atoms. The molecule has 1 aromatic carbocycles. The minimum atomic E-state index is 0.463. The van der Waals surface area contributed by atoms with Crippen molar-refractivity contribution in [3.8, 4) is 0 Å². The maximum Gasteiger partial charge on any atom is 0.226 e. The van der Waals surface area contributed by atoms with Crippen LogP contribution in [0.1, 0.15) is 41.8 Å². The predicted molar refractivity (Wildman–Crippen MR) is 79.9 cm³/mol. The van der Waals surface area contributed by atoms with Crippen molar-refractivity contribution in [1.29, 1.82) is 0 Å². The van der Waals surface area contributed by atoms with Gasteiger partial charge in [0.05, 0.1) is 0 Å². The summed E-state index contributed by atoms with van der Waals surface area (Å²) in [4.78, 5) is 4.46. The number of hydrogen-bond donors (Lipinski definition) is 1. The summed E-state index contributed by atoms with van der Waals surface area (Å²) in [6.07, 6.45) is 2.55. The van der Waals surface area contributed by atoms with Crippen LogP contribution in [-0.4, -0.2) is 23.2 Å². The number of aromatic nitrogens is 2. The number of aryl methyl sites for hydroxylation is 3. The first kappa shape index (κ1) is 14.7. The van der Waals surface area contributed by atoms with Crippen LogP contribution in [0.4, 0.5) is 0 Å². The van der Waals surface area contributed by atoms with Gasteiger partial charge in [0.15, 0.2) is 5.82 Å². The van der Waals surface area contributed by atoms with Gasteiger partial charge in [-0.3, -0.25) is 0 Å². The van der Waals surface area contributed by atoms with Gasteiger partial charge in [-0.05, 0) is 50.9 Å². The maximum atomic E-state index is 5.30. The molecule has 20 heavy (non-hydrogen) atoms. The minimum absolute atomic E-state index is 0.463. The molecule has 2 rings (SSSR count). The van der Waals surface area contributed by atoms with Crippen LogP contribution in [0.5, 0.6) is 0 Å². The quantitative estimate of drug-likeness (QED) is 0.879. The third-order valence-corrected chi connectivity index (χ3v) is 3.73. The summed E-state index contributed by atoms with van der Waals surface area (Å²) < 4.78 is 5.30. The van der Waals surface area contributed by atoms with Crippen molar-refractivity contribution in [2.24, 2.45) is 0 Å². The number of benzene rings is 1. The summed E-state index contributed by atoms with van der Waals surface area (Å²) in [6, 6.07) is 6.92. The highest BCUT2D eigenvalue weighted by Crippen LogP contribution is 2.13. The molecule has 0 bridgehead atoms. The second-order valence-corrected chi connectivity index (χ2v) is 5.43. The molecule has 4 nitrogen and oxygen atoms in total. The predicted octanol–water partition coefficient (Wildman–Crippen LogP) is 2.82. The van der Waals surface area contributed by atoms with E-state index in [1.54, 1.807) is 0 Å². The van der Waals surface area contributed by atoms with E-state index in [1.807, 2.05) is 7.05 Å². The Balaban J connectivity index is 1.96. The molecule has 0 saturated heterocycles. The van der Waals surface area contributed by atoms with Crippen molar-refractivity contribution < 1.29 is 4.52 Å². The van der Waals surface area contributed by atoms with Crippen LogP contribution in [0.25, 0.3) is 0 Å². The van der Waals surface area contributed by atoms with Gasteiger partial charge >= 0.3 is 0 Å². The Morgan fingerprint density at radius 3 is 2.75 bits per heavy atom. The van der Waals surface area contributed by atoms with Gasteiger partial charge in [0.25, 0.3) is 0 Å². The van der Waals surface area contributed by atoms with Gasteiger partial charge in [-0.2, -0.15) is 4.98 Å². The molecule has 0 aliphatic heterocycles. The van der Waals surface area contributed by atoms with Crippen LogP contribution < -0.4 is 5.32 Å². The van der Waals surface area contributed by atoms with Crippen LogP contribution in [0, 0.1) is 13.8 Å². The van der Waals surface area contributed by atoms with Gasteiger partial charge in [0, 0.05) is 18.9 Å². The average Bonchev–Trinajstić information content (AvgIpc) is 2.88. The van der Waals surface area contributed by atoms with Crippen molar-refractivity contribution in [2.75, 3.05) is 7.05 Å². The SMILES string of the molecule is CNC(C)CCc1nc(Cc2ccc(C)c(C)c2)no1. The summed E-state index contributed by atoms with van der Waals surface area (Å²) in [7, 11) is 1.96. The van der Waals surface area contributed by atoms with Crippen molar-refractivity contribution >= 4 is 0 Å². The van der Waals surface area contributed by atoms with E-state index < -0.39 is 0 Å². The fourth-order valence-corrected chi connectivity index (χ4v) is 2.04. The summed E-state index contributed by atoms with van der Waals surface area (Å²) in [6.45, 7) is 6.39. The Bertz CT molecular complexity index is 563. The molecule has 2 aromatic rings. The summed E-state index contributed by atoms with van der Waals surface area (Å²) in [5.74, 6) is 1.49. The Morgan fingerprint density at radius 1 is 1.25 bits per heavy atom. The van der Waals surface area contributed by atoms with E-state index in [1.165, 1.54) is 16.7 Å². The van der Waals surface area contributed by atoms with Gasteiger partial charge < -0.3 is 9.84 Å². The van der Waals surface area contributed by atoms with E-state index in [4.69, 9.17) is 4.52 Å². The highest BCUT2D eigenvalue weighted by molar-refractivity contribution is 5.31. The van der Waals surface area contributed by atoms with Gasteiger partial charge in [-0.25, -0.2) is 0 Å². The lowest BCUT2D eigenvalue weighted by Gasteiger charge is -2.06. The third kappa shape index (κ3) is 3.90. The van der Waals surface area contributed by atoms with Crippen molar-refractivity contribution in [3.63, 3.8) is 0 Å². The Hall–Kier alpha value is -1.68. The first-order chi connectivity index (χ1) is 9.58. The Kier molecular flexibility index (Phi) is 4.90. The molecule has 1 N–H and O–H groups in total. The van der Waals surface area contributed by atoms with Crippen LogP contribution in [0.3, 0.4) is 0 Å². The van der Waals surface area contributed by atoms with Gasteiger partial charge in [0.2, 0.25) is 5.89 Å². The van der Waals surface area contributed by atoms with E-state index in [-0.39, 0.29) is 0 Å². The summed E-state index contributed by atoms with van der Waals surface area (Å²) in [5.41, 5.74) is 3.83. The fourth-order valence-electron chi connectivity index (χ4n) is 2.04. The molecule has 1 heterocycles. The van der Waals surface area contributed by atoms with Gasteiger partial charge in [0.1, 0.15) is 0 Å². The number of hydrogen-bond acceptors (Lipinski definition) is 4. The van der Waals surface area contributed by atoms with E-state index in [0.29, 0.717) is 6.04 Å². The molecule has 0 amide bonds. The zero-order valence-electron chi connectivity index (χ0n) is 12.7. The highest BCUT2D eigenvalue weighted by atomic mass is 16.5. The standard InChI is InChI=1S/C16H23N3O/c1-11-5-7-14(9-12(11)2)10-15-18-16(20-19-15)8-6-13(3)17-4/h5,7,9,13,17H,6,8,10H2,1-4H3. The van der Waals surface area contributed by atoms with Gasteiger partial charge in [-0.1, -0.05) is 23.4 Å². The largest absolute Gasteiger partial charge is 0.339 e. The van der Waals surface area contributed by atoms with E-state index >= 15 is 0 Å². The third-order valence-electron chi connectivity index (χ3n) is 3.73. The molecule has 4 heteroatoms. The first-order valence-corrected chi connectivity index (χ1v) is 7.13. The molecule has 0 fully saturated rings. The monoisotopic (exact) mass is 273 g/mol. The topological polar surface area (TPSA) is 51.0 Å². The molecule has 1 atom stereocenters. The van der Waals surface area contributed by atoms with E-state index in [2.05, 4.69) is 54.4 Å². The Morgan fingerprint density at radius 2 is 2.05 bits per heavy atom. The maximum absolute atomic E-state index is 5.30. The lowest BCUT2D eigenvalue weighted by molar-refractivity contribution is 0.365. The molecule has 1 unspecified atom stereocenters. The van der Waals surface area contributed by atoms with Crippen molar-refractivity contribution in [2.45, 2.75) is 46.1 Å². The summed E-state index contributed by atoms with van der Waals surface area (Å²) >= 11 is 0. The molecule has 1 aromatic heterocycles. The van der Waals surface area contributed by atoms with Crippen LogP contribution in [0.2, 0.25) is 0 Å². The normalized spacial score (nSPS) is 12.6. The fraction of sp³-hybridized carbons (Fsp3) is 0.500. The second kappa shape index (κ2) is 6.66. The molecular formula is C16H23N3O. The molecule has 108 valence electrons. The molecule has 0 radical (unpaired) electrons. The lowest BCUT2D eigenvalue weighted by atomic mass is 10.0. The zero-order chi connectivity index (χ0) is 14.5. The number of nitrogens with zero attached hydrogens (tertiary/aromatic N) is 2. The lowest BCUT2D eigenvalue weighted by Crippen LogP contribution is -2.21. The molecule has 0 saturated carbocycles. The molecule has 0 aliphatic carbocycles. The molecular weight excluding hydrogens is 250 g/mol. The average molecular weight is 273 g/mol. The summed E-state index contributed by atoms with van der Waals surface area (Å²) in [5, 5.41) is 7.26. The van der Waals surface area contributed by atoms with Gasteiger partial charge in [-0.15, -0.1) is 0 Å². The smallest absolute Gasteiger partial charge is 0.226 e. The van der Waals surface area contributed by atoms with Crippen LogP contribution >= 0.6 is 0 Å². The van der Waals surface area contributed by atoms with Crippen LogP contribution in [-0.2, 0) is 12.8 Å². The van der Waals surface area contributed by atoms with E-state index in [9.17, 15) is 0 Å². The zero-order valence-corrected chi connectivity index (χ0v) is 12.7. The van der Waals surface area contributed by atoms with Crippen molar-refractivity contribution in [1.82, 2.24) is 15.5 Å². The van der Waals surface area contributed by atoms with Crippen molar-refractivity contribution in [3.05, 3.63) is 46.6 Å². The minimum Gasteiger partial charge on any atom is -0.339 e. The second-order valence-electron chi connectivity index (χ2n) is 5.43. The number of rotatable bonds is 6. The van der Waals surface area contributed by atoms with Crippen LogP contribution in [0.15, 0.2) is 22.7 Å². The first-order valence-electron chi connectivity index (χ1n) is 7.13. The molecule has 0 aliphatic rings.